The van der Waals surface area contributed by atoms with Gasteiger partial charge in [0.15, 0.2) is 0 Å². The quantitative estimate of drug-likeness (QED) is 0.770. The second-order valence-corrected chi connectivity index (χ2v) is 5.75. The molecule has 3 nitrogen and oxygen atoms in total. The summed E-state index contributed by atoms with van der Waals surface area (Å²) in [4.78, 5) is 6.89. The van der Waals surface area contributed by atoms with Crippen molar-refractivity contribution in [3.8, 4) is 0 Å². The lowest BCUT2D eigenvalue weighted by Crippen LogP contribution is -2.37. The minimum atomic E-state index is 0.326. The topological polar surface area (TPSA) is 21.1 Å². The Morgan fingerprint density at radius 2 is 2.18 bits per heavy atom. The largest absolute Gasteiger partial charge is 0.338 e. The zero-order chi connectivity index (χ0) is 12.3. The van der Waals surface area contributed by atoms with Gasteiger partial charge < -0.3 is 9.47 Å². The van der Waals surface area contributed by atoms with Gasteiger partial charge in [0.2, 0.25) is 0 Å². The van der Waals surface area contributed by atoms with Gasteiger partial charge in [-0.25, -0.2) is 4.98 Å². The highest BCUT2D eigenvalue weighted by Crippen LogP contribution is 2.23. The van der Waals surface area contributed by atoms with Crippen LogP contribution in [0.4, 0.5) is 0 Å². The Morgan fingerprint density at radius 3 is 2.71 bits per heavy atom. The van der Waals surface area contributed by atoms with Gasteiger partial charge in [0, 0.05) is 37.8 Å². The Bertz CT molecular complexity index is 340. The predicted molar refractivity (Wildman–Crippen MR) is 71.4 cm³/mol. The van der Waals surface area contributed by atoms with E-state index in [2.05, 4.69) is 28.4 Å². The molecule has 1 aliphatic heterocycles. The molecular weight excluding hydrogens is 234 g/mol. The van der Waals surface area contributed by atoms with E-state index in [-0.39, 0.29) is 0 Å². The van der Waals surface area contributed by atoms with Crippen LogP contribution in [0.25, 0.3) is 0 Å². The molecule has 0 N–H and O–H groups in total. The molecule has 0 amide bonds. The number of imidazole rings is 1. The second-order valence-electron chi connectivity index (χ2n) is 5.06. The van der Waals surface area contributed by atoms with E-state index >= 15 is 0 Å². The van der Waals surface area contributed by atoms with E-state index in [1.165, 1.54) is 31.8 Å². The fourth-order valence-corrected chi connectivity index (χ4v) is 2.78. The number of aryl methyl sites for hydroxylation is 1. The molecule has 2 rings (SSSR count). The third-order valence-electron chi connectivity index (χ3n) is 3.85. The van der Waals surface area contributed by atoms with Crippen molar-refractivity contribution in [2.45, 2.75) is 31.6 Å². The van der Waals surface area contributed by atoms with Crippen LogP contribution >= 0.6 is 11.6 Å². The molecule has 1 aromatic heterocycles. The summed E-state index contributed by atoms with van der Waals surface area (Å²) in [6.45, 7) is 5.61. The fourth-order valence-electron chi connectivity index (χ4n) is 2.53. The zero-order valence-electron chi connectivity index (χ0n) is 10.8. The van der Waals surface area contributed by atoms with Crippen molar-refractivity contribution < 1.29 is 0 Å². The normalized spacial score (nSPS) is 20.6. The second kappa shape index (κ2) is 5.87. The summed E-state index contributed by atoms with van der Waals surface area (Å²) in [5.41, 5.74) is 0. The first-order chi connectivity index (χ1) is 8.16. The highest BCUT2D eigenvalue weighted by Gasteiger charge is 2.22. The Labute approximate surface area is 109 Å². The molecule has 0 saturated carbocycles. The average molecular weight is 256 g/mol. The average Bonchev–Trinajstić information content (AvgIpc) is 2.73. The maximum atomic E-state index is 6.15. The lowest BCUT2D eigenvalue weighted by atomic mass is 9.94. The summed E-state index contributed by atoms with van der Waals surface area (Å²) in [5, 5.41) is 0.326. The number of alkyl halides is 1. The predicted octanol–water partition coefficient (Wildman–Crippen LogP) is 2.30. The first-order valence-corrected chi connectivity index (χ1v) is 6.93. The fraction of sp³-hybridized carbons (Fsp3) is 0.769. The third kappa shape index (κ3) is 3.46. The maximum absolute atomic E-state index is 6.15. The molecule has 1 fully saturated rings. The molecular formula is C13H22ClN3. The molecule has 0 aromatic carbocycles. The molecule has 96 valence electrons. The minimum absolute atomic E-state index is 0.326. The molecule has 4 heteroatoms. The van der Waals surface area contributed by atoms with Crippen LogP contribution < -0.4 is 0 Å². The molecule has 0 spiro atoms. The van der Waals surface area contributed by atoms with Crippen LogP contribution in [0.15, 0.2) is 12.4 Å². The van der Waals surface area contributed by atoms with E-state index in [1.807, 2.05) is 12.4 Å². The molecule has 17 heavy (non-hydrogen) atoms. The van der Waals surface area contributed by atoms with E-state index in [0.29, 0.717) is 11.3 Å². The van der Waals surface area contributed by atoms with Crippen LogP contribution in [0, 0.1) is 5.92 Å². The van der Waals surface area contributed by atoms with E-state index in [0.717, 1.165) is 13.0 Å². The van der Waals surface area contributed by atoms with Gasteiger partial charge in [-0.05, 0) is 38.8 Å². The van der Waals surface area contributed by atoms with Crippen molar-refractivity contribution in [3.63, 3.8) is 0 Å². The molecule has 1 saturated heterocycles. The summed E-state index contributed by atoms with van der Waals surface area (Å²) in [5.74, 6) is 1.89. The molecule has 1 unspecified atom stereocenters. The first-order valence-electron chi connectivity index (χ1n) is 6.49. The summed E-state index contributed by atoms with van der Waals surface area (Å²) >= 11 is 6.15. The smallest absolute Gasteiger partial charge is 0.109 e. The number of halogens is 1. The summed E-state index contributed by atoms with van der Waals surface area (Å²) in [7, 11) is 2.06. The van der Waals surface area contributed by atoms with Crippen molar-refractivity contribution in [2.75, 3.05) is 19.6 Å². The Morgan fingerprint density at radius 1 is 1.47 bits per heavy atom. The molecule has 2 heterocycles. The van der Waals surface area contributed by atoms with Crippen molar-refractivity contribution in [3.05, 3.63) is 18.2 Å². The molecule has 1 aliphatic rings. The van der Waals surface area contributed by atoms with Crippen LogP contribution in [0.3, 0.4) is 0 Å². The van der Waals surface area contributed by atoms with Gasteiger partial charge in [0.05, 0.1) is 0 Å². The first kappa shape index (κ1) is 12.9. The number of hydrogen-bond acceptors (Lipinski definition) is 2. The van der Waals surface area contributed by atoms with Crippen molar-refractivity contribution in [1.29, 1.82) is 0 Å². The monoisotopic (exact) mass is 255 g/mol. The van der Waals surface area contributed by atoms with Crippen LogP contribution in [0.1, 0.15) is 25.6 Å². The number of aromatic nitrogens is 2. The summed E-state index contributed by atoms with van der Waals surface area (Å²) < 4.78 is 2.10. The third-order valence-corrected chi connectivity index (χ3v) is 4.21. The highest BCUT2D eigenvalue weighted by atomic mass is 35.5. The summed E-state index contributed by atoms with van der Waals surface area (Å²) in [6.07, 6.45) is 7.41. The van der Waals surface area contributed by atoms with Crippen LogP contribution in [0.5, 0.6) is 0 Å². The SMILES string of the molecule is CC(Cl)C1CCN(CCc2nccn2C)CC1. The highest BCUT2D eigenvalue weighted by molar-refractivity contribution is 6.20. The number of hydrogen-bond donors (Lipinski definition) is 0. The molecule has 1 atom stereocenters. The number of nitrogens with zero attached hydrogens (tertiary/aromatic N) is 3. The van der Waals surface area contributed by atoms with Gasteiger partial charge in [-0.1, -0.05) is 0 Å². The van der Waals surface area contributed by atoms with E-state index in [4.69, 9.17) is 11.6 Å². The maximum Gasteiger partial charge on any atom is 0.109 e. The van der Waals surface area contributed by atoms with Crippen LogP contribution in [0.2, 0.25) is 0 Å². The molecule has 0 bridgehead atoms. The van der Waals surface area contributed by atoms with Crippen molar-refractivity contribution in [2.24, 2.45) is 13.0 Å². The van der Waals surface area contributed by atoms with Crippen LogP contribution in [-0.4, -0.2) is 39.5 Å². The van der Waals surface area contributed by atoms with Crippen molar-refractivity contribution >= 4 is 11.6 Å². The zero-order valence-corrected chi connectivity index (χ0v) is 11.5. The van der Waals surface area contributed by atoms with E-state index in [9.17, 15) is 0 Å². The lowest BCUT2D eigenvalue weighted by Gasteiger charge is -2.32. The van der Waals surface area contributed by atoms with Gasteiger partial charge in [0.25, 0.3) is 0 Å². The molecule has 0 aliphatic carbocycles. The van der Waals surface area contributed by atoms with Gasteiger partial charge in [0.1, 0.15) is 5.82 Å². The number of likely N-dealkylation sites (tertiary alicyclic amines) is 1. The van der Waals surface area contributed by atoms with E-state index < -0.39 is 0 Å². The van der Waals surface area contributed by atoms with E-state index in [1.54, 1.807) is 0 Å². The van der Waals surface area contributed by atoms with Gasteiger partial charge in [-0.15, -0.1) is 11.6 Å². The molecule has 1 aromatic rings. The minimum Gasteiger partial charge on any atom is -0.338 e. The Kier molecular flexibility index (Phi) is 4.46. The van der Waals surface area contributed by atoms with Gasteiger partial charge in [-0.2, -0.15) is 0 Å². The number of rotatable bonds is 4. The Hall–Kier alpha value is -0.540. The summed E-state index contributed by atoms with van der Waals surface area (Å²) in [6, 6.07) is 0. The number of piperidine rings is 1. The van der Waals surface area contributed by atoms with Gasteiger partial charge >= 0.3 is 0 Å². The van der Waals surface area contributed by atoms with Crippen molar-refractivity contribution in [1.82, 2.24) is 14.5 Å². The lowest BCUT2D eigenvalue weighted by molar-refractivity contribution is 0.184. The standard InChI is InChI=1S/C13H22ClN3/c1-11(14)12-3-7-17(8-4-12)9-5-13-15-6-10-16(13)2/h6,10-12H,3-5,7-9H2,1-2H3. The van der Waals surface area contributed by atoms with Crippen LogP contribution in [-0.2, 0) is 13.5 Å². The Balaban J connectivity index is 1.74. The van der Waals surface area contributed by atoms with Gasteiger partial charge in [-0.3, -0.25) is 0 Å². The molecule has 0 radical (unpaired) electrons.